The van der Waals surface area contributed by atoms with Gasteiger partial charge in [-0.3, -0.25) is 0 Å². The van der Waals surface area contributed by atoms with Gasteiger partial charge in [-0.1, -0.05) is 22.9 Å². The molecule has 0 amide bonds. The van der Waals surface area contributed by atoms with Gasteiger partial charge in [-0.25, -0.2) is 0 Å². The van der Waals surface area contributed by atoms with Crippen molar-refractivity contribution in [3.63, 3.8) is 0 Å². The highest BCUT2D eigenvalue weighted by molar-refractivity contribution is 9.09. The van der Waals surface area contributed by atoms with Crippen LogP contribution in [-0.2, 0) is 4.74 Å². The van der Waals surface area contributed by atoms with Gasteiger partial charge >= 0.3 is 0 Å². The highest BCUT2D eigenvalue weighted by Gasteiger charge is 2.37. The smallest absolute Gasteiger partial charge is 0.0584 e. The first kappa shape index (κ1) is 10.9. The second kappa shape index (κ2) is 4.13. The third-order valence-corrected chi connectivity index (χ3v) is 4.60. The molecule has 2 heteroatoms. The summed E-state index contributed by atoms with van der Waals surface area (Å²) in [7, 11) is 0. The first-order chi connectivity index (χ1) is 6.57. The Hall–Kier alpha value is 0.440. The lowest BCUT2D eigenvalue weighted by atomic mass is 9.82. The predicted octanol–water partition coefficient (Wildman–Crippen LogP) is 3.90. The summed E-state index contributed by atoms with van der Waals surface area (Å²) in [6.45, 7) is 4.63. The number of rotatable bonds is 2. The minimum absolute atomic E-state index is 0.504. The van der Waals surface area contributed by atoms with Gasteiger partial charge in [0.05, 0.1) is 12.2 Å². The summed E-state index contributed by atoms with van der Waals surface area (Å²) < 4.78 is 5.91. The minimum atomic E-state index is 0.504. The molecule has 1 heterocycles. The monoisotopic (exact) mass is 260 g/mol. The molecule has 1 aliphatic carbocycles. The van der Waals surface area contributed by atoms with Crippen molar-refractivity contribution >= 4 is 15.9 Å². The fraction of sp³-hybridized carbons (Fsp3) is 1.00. The maximum Gasteiger partial charge on any atom is 0.0584 e. The Morgan fingerprint density at radius 1 is 1.36 bits per heavy atom. The third-order valence-electron chi connectivity index (χ3n) is 3.82. The van der Waals surface area contributed by atoms with Crippen molar-refractivity contribution in [3.8, 4) is 0 Å². The van der Waals surface area contributed by atoms with E-state index >= 15 is 0 Å². The third kappa shape index (κ3) is 2.52. The second-order valence-electron chi connectivity index (χ2n) is 5.50. The van der Waals surface area contributed by atoms with Crippen LogP contribution >= 0.6 is 15.9 Å². The highest BCUT2D eigenvalue weighted by atomic mass is 79.9. The van der Waals surface area contributed by atoms with Crippen molar-refractivity contribution in [3.05, 3.63) is 0 Å². The molecular weight excluding hydrogens is 240 g/mol. The average molecular weight is 261 g/mol. The van der Waals surface area contributed by atoms with E-state index in [0.717, 1.165) is 4.83 Å². The molecule has 4 atom stereocenters. The standard InChI is InChI=1S/C12H21BrO/c1-9-3-4-11(14-9)8-12(2)6-5-10(13)7-12/h9-11H,3-8H2,1-2H3. The summed E-state index contributed by atoms with van der Waals surface area (Å²) in [5.41, 5.74) is 0.545. The minimum Gasteiger partial charge on any atom is -0.375 e. The van der Waals surface area contributed by atoms with Gasteiger partial charge in [0.15, 0.2) is 0 Å². The van der Waals surface area contributed by atoms with Gasteiger partial charge in [0, 0.05) is 4.83 Å². The molecule has 2 fully saturated rings. The molecule has 2 aliphatic rings. The molecule has 0 spiro atoms. The van der Waals surface area contributed by atoms with Gasteiger partial charge in [-0.2, -0.15) is 0 Å². The van der Waals surface area contributed by atoms with Crippen LogP contribution < -0.4 is 0 Å². The number of alkyl halides is 1. The lowest BCUT2D eigenvalue weighted by Gasteiger charge is -2.27. The molecule has 1 nitrogen and oxygen atoms in total. The second-order valence-corrected chi connectivity index (χ2v) is 6.80. The fourth-order valence-electron chi connectivity index (χ4n) is 3.01. The Morgan fingerprint density at radius 2 is 2.14 bits per heavy atom. The van der Waals surface area contributed by atoms with E-state index in [1.807, 2.05) is 0 Å². The molecule has 0 aromatic rings. The first-order valence-corrected chi connectivity index (χ1v) is 6.78. The van der Waals surface area contributed by atoms with E-state index in [2.05, 4.69) is 29.8 Å². The Labute approximate surface area is 95.7 Å². The zero-order chi connectivity index (χ0) is 10.2. The van der Waals surface area contributed by atoms with Crippen LogP contribution in [0.25, 0.3) is 0 Å². The SMILES string of the molecule is CC1CCC(CC2(C)CCC(Br)C2)O1. The highest BCUT2D eigenvalue weighted by Crippen LogP contribution is 2.46. The van der Waals surface area contributed by atoms with E-state index < -0.39 is 0 Å². The molecule has 82 valence electrons. The molecule has 0 radical (unpaired) electrons. The normalized spacial score (nSPS) is 48.6. The average Bonchev–Trinajstić information content (AvgIpc) is 2.60. The summed E-state index contributed by atoms with van der Waals surface area (Å²) >= 11 is 3.73. The van der Waals surface area contributed by atoms with Crippen molar-refractivity contribution < 1.29 is 4.74 Å². The maximum atomic E-state index is 5.91. The first-order valence-electron chi connectivity index (χ1n) is 5.87. The summed E-state index contributed by atoms with van der Waals surface area (Å²) in [5, 5.41) is 0. The van der Waals surface area contributed by atoms with Crippen molar-refractivity contribution in [2.75, 3.05) is 0 Å². The van der Waals surface area contributed by atoms with Crippen LogP contribution in [0, 0.1) is 5.41 Å². The molecule has 0 N–H and O–H groups in total. The molecule has 1 saturated carbocycles. The fourth-order valence-corrected chi connectivity index (χ4v) is 4.02. The summed E-state index contributed by atoms with van der Waals surface area (Å²) in [6, 6.07) is 0. The van der Waals surface area contributed by atoms with E-state index in [-0.39, 0.29) is 0 Å². The maximum absolute atomic E-state index is 5.91. The van der Waals surface area contributed by atoms with E-state index in [0.29, 0.717) is 17.6 Å². The largest absolute Gasteiger partial charge is 0.375 e. The topological polar surface area (TPSA) is 9.23 Å². The van der Waals surface area contributed by atoms with Crippen LogP contribution in [-0.4, -0.2) is 17.0 Å². The number of halogens is 1. The van der Waals surface area contributed by atoms with Crippen LogP contribution in [0.1, 0.15) is 52.4 Å². The Kier molecular flexibility index (Phi) is 3.23. The molecule has 0 aromatic carbocycles. The predicted molar refractivity (Wildman–Crippen MR) is 62.9 cm³/mol. The molecule has 4 unspecified atom stereocenters. The van der Waals surface area contributed by atoms with Crippen molar-refractivity contribution in [1.82, 2.24) is 0 Å². The lowest BCUT2D eigenvalue weighted by Crippen LogP contribution is -2.21. The van der Waals surface area contributed by atoms with Gasteiger partial charge in [-0.05, 0) is 50.9 Å². The molecule has 0 bridgehead atoms. The molecule has 0 aromatic heterocycles. The Balaban J connectivity index is 1.85. The van der Waals surface area contributed by atoms with Crippen LogP contribution in [0.4, 0.5) is 0 Å². The van der Waals surface area contributed by atoms with Crippen molar-refractivity contribution in [2.24, 2.45) is 5.41 Å². The van der Waals surface area contributed by atoms with Crippen LogP contribution in [0.15, 0.2) is 0 Å². The van der Waals surface area contributed by atoms with Gasteiger partial charge < -0.3 is 4.74 Å². The molecule has 1 aliphatic heterocycles. The van der Waals surface area contributed by atoms with Gasteiger partial charge in [0.25, 0.3) is 0 Å². The van der Waals surface area contributed by atoms with Gasteiger partial charge in [0.1, 0.15) is 0 Å². The molecule has 14 heavy (non-hydrogen) atoms. The molecule has 1 saturated heterocycles. The zero-order valence-electron chi connectivity index (χ0n) is 9.26. The summed E-state index contributed by atoms with van der Waals surface area (Å²) in [6.07, 6.45) is 8.93. The Morgan fingerprint density at radius 3 is 2.64 bits per heavy atom. The number of ether oxygens (including phenoxy) is 1. The zero-order valence-corrected chi connectivity index (χ0v) is 10.8. The number of hydrogen-bond acceptors (Lipinski definition) is 1. The van der Waals surface area contributed by atoms with Crippen LogP contribution in [0.3, 0.4) is 0 Å². The summed E-state index contributed by atoms with van der Waals surface area (Å²) in [5.74, 6) is 0. The van der Waals surface area contributed by atoms with Gasteiger partial charge in [0.2, 0.25) is 0 Å². The molecular formula is C12H21BrO. The number of hydrogen-bond donors (Lipinski definition) is 0. The van der Waals surface area contributed by atoms with E-state index in [4.69, 9.17) is 4.74 Å². The van der Waals surface area contributed by atoms with Gasteiger partial charge in [-0.15, -0.1) is 0 Å². The van der Waals surface area contributed by atoms with Crippen molar-refractivity contribution in [1.29, 1.82) is 0 Å². The molecule has 2 rings (SSSR count). The van der Waals surface area contributed by atoms with E-state index in [1.54, 1.807) is 0 Å². The quantitative estimate of drug-likeness (QED) is 0.685. The van der Waals surface area contributed by atoms with Crippen LogP contribution in [0.5, 0.6) is 0 Å². The Bertz CT molecular complexity index is 206. The van der Waals surface area contributed by atoms with Crippen molar-refractivity contribution in [2.45, 2.75) is 69.4 Å². The lowest BCUT2D eigenvalue weighted by molar-refractivity contribution is 0.0264. The van der Waals surface area contributed by atoms with E-state index in [1.165, 1.54) is 38.5 Å². The summed E-state index contributed by atoms with van der Waals surface area (Å²) in [4.78, 5) is 0.756. The van der Waals surface area contributed by atoms with Crippen LogP contribution in [0.2, 0.25) is 0 Å². The van der Waals surface area contributed by atoms with E-state index in [9.17, 15) is 0 Å².